The standard InChI is InChI=1S/C13H16N2O4S/c16-13(17)9-8-10-4-3-7-12(14-10)15-20(18,19)11-5-1-2-6-11/h3-4,7-9,11H,1-2,5-6H2,(H,14,15)(H,16,17)/b9-8+. The molecule has 1 heterocycles. The van der Waals surface area contributed by atoms with Crippen LogP contribution in [0.2, 0.25) is 0 Å². The Balaban J connectivity index is 2.13. The molecule has 0 radical (unpaired) electrons. The topological polar surface area (TPSA) is 96.4 Å². The summed E-state index contributed by atoms with van der Waals surface area (Å²) in [7, 11) is -3.41. The molecule has 0 spiro atoms. The van der Waals surface area contributed by atoms with Crippen LogP contribution in [0.1, 0.15) is 31.4 Å². The highest BCUT2D eigenvalue weighted by atomic mass is 32.2. The summed E-state index contributed by atoms with van der Waals surface area (Å²) in [4.78, 5) is 14.5. The van der Waals surface area contributed by atoms with Crippen LogP contribution in [0.15, 0.2) is 24.3 Å². The first-order valence-corrected chi connectivity index (χ1v) is 7.92. The van der Waals surface area contributed by atoms with Crippen molar-refractivity contribution in [1.29, 1.82) is 0 Å². The molecule has 2 N–H and O–H groups in total. The van der Waals surface area contributed by atoms with Crippen LogP contribution in [0.4, 0.5) is 5.82 Å². The van der Waals surface area contributed by atoms with E-state index in [1.807, 2.05) is 0 Å². The SMILES string of the molecule is O=C(O)/C=C/c1cccc(NS(=O)(=O)C2CCCC2)n1. The van der Waals surface area contributed by atoms with Crippen LogP contribution < -0.4 is 4.72 Å². The molecule has 1 aliphatic carbocycles. The third-order valence-electron chi connectivity index (χ3n) is 3.16. The van der Waals surface area contributed by atoms with Gasteiger partial charge in [0.25, 0.3) is 0 Å². The molecule has 1 aromatic rings. The van der Waals surface area contributed by atoms with Crippen LogP contribution in [-0.2, 0) is 14.8 Å². The van der Waals surface area contributed by atoms with E-state index in [1.54, 1.807) is 18.2 Å². The third kappa shape index (κ3) is 3.80. The Morgan fingerprint density at radius 1 is 1.35 bits per heavy atom. The highest BCUT2D eigenvalue weighted by molar-refractivity contribution is 7.93. The summed E-state index contributed by atoms with van der Waals surface area (Å²) in [5.41, 5.74) is 0.388. The summed E-state index contributed by atoms with van der Waals surface area (Å²) in [5, 5.41) is 8.19. The van der Waals surface area contributed by atoms with Crippen LogP contribution in [0, 0.1) is 0 Å². The number of sulfonamides is 1. The van der Waals surface area contributed by atoms with E-state index in [9.17, 15) is 13.2 Å². The number of rotatable bonds is 5. The van der Waals surface area contributed by atoms with E-state index in [1.165, 1.54) is 6.08 Å². The van der Waals surface area contributed by atoms with Gasteiger partial charge in [0.2, 0.25) is 10.0 Å². The number of carbonyl (C=O) groups is 1. The number of carboxylic acids is 1. The number of carboxylic acid groups (broad SMARTS) is 1. The number of pyridine rings is 1. The van der Waals surface area contributed by atoms with Gasteiger partial charge < -0.3 is 5.11 Å². The molecule has 7 heteroatoms. The molecule has 0 aromatic carbocycles. The van der Waals surface area contributed by atoms with Gasteiger partial charge in [-0.05, 0) is 31.1 Å². The highest BCUT2D eigenvalue weighted by Crippen LogP contribution is 2.25. The number of aromatic nitrogens is 1. The molecule has 0 atom stereocenters. The number of hydrogen-bond acceptors (Lipinski definition) is 4. The average molecular weight is 296 g/mol. The van der Waals surface area contributed by atoms with E-state index in [-0.39, 0.29) is 11.1 Å². The monoisotopic (exact) mass is 296 g/mol. The fourth-order valence-electron chi connectivity index (χ4n) is 2.19. The first-order valence-electron chi connectivity index (χ1n) is 6.37. The quantitative estimate of drug-likeness (QED) is 0.808. The first kappa shape index (κ1) is 14.5. The molecule has 0 aliphatic heterocycles. The Morgan fingerprint density at radius 2 is 2.05 bits per heavy atom. The summed E-state index contributed by atoms with van der Waals surface area (Å²) in [6, 6.07) is 4.78. The predicted octanol–water partition coefficient (Wildman–Crippen LogP) is 1.86. The van der Waals surface area contributed by atoms with Crippen molar-refractivity contribution < 1.29 is 18.3 Å². The minimum atomic E-state index is -3.41. The minimum Gasteiger partial charge on any atom is -0.478 e. The summed E-state index contributed by atoms with van der Waals surface area (Å²) >= 11 is 0. The average Bonchev–Trinajstić information content (AvgIpc) is 2.91. The van der Waals surface area contributed by atoms with E-state index in [4.69, 9.17) is 5.11 Å². The molecule has 1 aromatic heterocycles. The maximum absolute atomic E-state index is 12.1. The molecule has 2 rings (SSSR count). The number of hydrogen-bond donors (Lipinski definition) is 2. The van der Waals surface area contributed by atoms with Crippen molar-refractivity contribution in [2.24, 2.45) is 0 Å². The summed E-state index contributed by atoms with van der Waals surface area (Å²) in [6.07, 6.45) is 5.48. The van der Waals surface area contributed by atoms with Gasteiger partial charge in [0.05, 0.1) is 10.9 Å². The lowest BCUT2D eigenvalue weighted by Crippen LogP contribution is -2.25. The van der Waals surface area contributed by atoms with Crippen molar-refractivity contribution in [3.05, 3.63) is 30.0 Å². The summed E-state index contributed by atoms with van der Waals surface area (Å²) in [5.74, 6) is -0.867. The van der Waals surface area contributed by atoms with Gasteiger partial charge in [-0.3, -0.25) is 4.72 Å². The van der Waals surface area contributed by atoms with E-state index < -0.39 is 16.0 Å². The van der Waals surface area contributed by atoms with Crippen LogP contribution in [0.3, 0.4) is 0 Å². The van der Waals surface area contributed by atoms with Gasteiger partial charge in [0, 0.05) is 6.08 Å². The Morgan fingerprint density at radius 3 is 2.70 bits per heavy atom. The molecular weight excluding hydrogens is 280 g/mol. The van der Waals surface area contributed by atoms with Gasteiger partial charge in [-0.1, -0.05) is 18.9 Å². The molecule has 1 saturated carbocycles. The van der Waals surface area contributed by atoms with Crippen molar-refractivity contribution in [2.75, 3.05) is 4.72 Å². The number of anilines is 1. The molecule has 6 nitrogen and oxygen atoms in total. The second kappa shape index (κ2) is 6.04. The highest BCUT2D eigenvalue weighted by Gasteiger charge is 2.28. The lowest BCUT2D eigenvalue weighted by molar-refractivity contribution is -0.131. The second-order valence-electron chi connectivity index (χ2n) is 4.67. The molecular formula is C13H16N2O4S. The fourth-order valence-corrected chi connectivity index (χ4v) is 3.71. The van der Waals surface area contributed by atoms with E-state index in [0.29, 0.717) is 18.5 Å². The molecule has 0 amide bonds. The Labute approximate surface area is 117 Å². The van der Waals surface area contributed by atoms with Gasteiger partial charge in [-0.2, -0.15) is 0 Å². The van der Waals surface area contributed by atoms with Crippen molar-refractivity contribution in [3.63, 3.8) is 0 Å². The van der Waals surface area contributed by atoms with Gasteiger partial charge in [0.1, 0.15) is 5.82 Å². The minimum absolute atomic E-state index is 0.212. The van der Waals surface area contributed by atoms with Crippen LogP contribution in [-0.4, -0.2) is 29.7 Å². The van der Waals surface area contributed by atoms with Gasteiger partial charge >= 0.3 is 5.97 Å². The largest absolute Gasteiger partial charge is 0.478 e. The molecule has 20 heavy (non-hydrogen) atoms. The van der Waals surface area contributed by atoms with Gasteiger partial charge in [-0.25, -0.2) is 18.2 Å². The Bertz CT molecular complexity index is 619. The summed E-state index contributed by atoms with van der Waals surface area (Å²) in [6.45, 7) is 0. The summed E-state index contributed by atoms with van der Waals surface area (Å²) < 4.78 is 26.7. The zero-order valence-electron chi connectivity index (χ0n) is 10.8. The van der Waals surface area contributed by atoms with Crippen LogP contribution in [0.25, 0.3) is 6.08 Å². The first-order chi connectivity index (χ1) is 9.47. The third-order valence-corrected chi connectivity index (χ3v) is 5.00. The Kier molecular flexibility index (Phi) is 4.39. The molecule has 1 aliphatic rings. The Hall–Kier alpha value is -1.89. The zero-order chi connectivity index (χ0) is 14.6. The van der Waals surface area contributed by atoms with E-state index in [2.05, 4.69) is 9.71 Å². The maximum atomic E-state index is 12.1. The number of nitrogens with zero attached hydrogens (tertiary/aromatic N) is 1. The van der Waals surface area contributed by atoms with Crippen molar-refractivity contribution in [3.8, 4) is 0 Å². The van der Waals surface area contributed by atoms with Crippen molar-refractivity contribution in [1.82, 2.24) is 4.98 Å². The smallest absolute Gasteiger partial charge is 0.328 e. The van der Waals surface area contributed by atoms with E-state index in [0.717, 1.165) is 18.9 Å². The van der Waals surface area contributed by atoms with Crippen LogP contribution in [0.5, 0.6) is 0 Å². The zero-order valence-corrected chi connectivity index (χ0v) is 11.6. The molecule has 1 fully saturated rings. The molecule has 108 valence electrons. The van der Waals surface area contributed by atoms with Crippen molar-refractivity contribution in [2.45, 2.75) is 30.9 Å². The lowest BCUT2D eigenvalue weighted by atomic mass is 10.3. The normalized spacial score (nSPS) is 16.6. The second-order valence-corrected chi connectivity index (χ2v) is 6.63. The van der Waals surface area contributed by atoms with Gasteiger partial charge in [0.15, 0.2) is 0 Å². The van der Waals surface area contributed by atoms with Crippen LogP contribution >= 0.6 is 0 Å². The van der Waals surface area contributed by atoms with Gasteiger partial charge in [-0.15, -0.1) is 0 Å². The predicted molar refractivity (Wildman–Crippen MR) is 75.7 cm³/mol. The van der Waals surface area contributed by atoms with E-state index >= 15 is 0 Å². The van der Waals surface area contributed by atoms with Crippen molar-refractivity contribution >= 4 is 27.9 Å². The number of nitrogens with one attached hydrogen (secondary N) is 1. The molecule has 0 unspecified atom stereocenters. The lowest BCUT2D eigenvalue weighted by Gasteiger charge is -2.12. The molecule has 0 saturated heterocycles. The fraction of sp³-hybridized carbons (Fsp3) is 0.385. The molecule has 0 bridgehead atoms. The number of aliphatic carboxylic acids is 1. The maximum Gasteiger partial charge on any atom is 0.328 e.